The van der Waals surface area contributed by atoms with Gasteiger partial charge in [-0.05, 0) is 33.9 Å². The van der Waals surface area contributed by atoms with E-state index >= 15 is 0 Å². The van der Waals surface area contributed by atoms with E-state index in [4.69, 9.17) is 4.74 Å². The molecule has 1 unspecified atom stereocenters. The number of hydrogen-bond donors (Lipinski definition) is 1. The molecule has 0 rings (SSSR count). The molecule has 14 heavy (non-hydrogen) atoms. The fourth-order valence-corrected chi connectivity index (χ4v) is 1.38. The van der Waals surface area contributed by atoms with Gasteiger partial charge in [-0.2, -0.15) is 0 Å². The molecule has 1 atom stereocenters. The zero-order chi connectivity index (χ0) is 10.8. The minimum Gasteiger partial charge on any atom is -0.380 e. The summed E-state index contributed by atoms with van der Waals surface area (Å²) >= 11 is 0. The normalized spacial score (nSPS) is 13.5. The Hall–Kier alpha value is -0.120. The maximum atomic E-state index is 5.30. The highest BCUT2D eigenvalue weighted by Crippen LogP contribution is 1.89. The Morgan fingerprint density at radius 2 is 2.07 bits per heavy atom. The summed E-state index contributed by atoms with van der Waals surface area (Å²) in [4.78, 5) is 2.31. The maximum Gasteiger partial charge on any atom is 0.0593 e. The maximum absolute atomic E-state index is 5.30. The second-order valence-electron chi connectivity index (χ2n) is 3.81. The SMILES string of the molecule is CCCNC(C)CN(C)CCOCC. The predicted octanol–water partition coefficient (Wildman–Crippen LogP) is 1.34. The lowest BCUT2D eigenvalue weighted by Crippen LogP contribution is -2.38. The van der Waals surface area contributed by atoms with Gasteiger partial charge in [0.15, 0.2) is 0 Å². The van der Waals surface area contributed by atoms with Crippen LogP contribution in [0.4, 0.5) is 0 Å². The average molecular weight is 202 g/mol. The van der Waals surface area contributed by atoms with Crippen molar-refractivity contribution in [1.82, 2.24) is 10.2 Å². The summed E-state index contributed by atoms with van der Waals surface area (Å²) in [6.45, 7) is 11.3. The van der Waals surface area contributed by atoms with Crippen molar-refractivity contribution in [2.24, 2.45) is 0 Å². The Bertz CT molecular complexity index is 120. The fraction of sp³-hybridized carbons (Fsp3) is 1.00. The van der Waals surface area contributed by atoms with Crippen molar-refractivity contribution in [3.8, 4) is 0 Å². The molecule has 0 amide bonds. The number of hydrogen-bond acceptors (Lipinski definition) is 3. The quantitative estimate of drug-likeness (QED) is 0.571. The standard InChI is InChI=1S/C11H26N2O/c1-5-7-12-11(3)10-13(4)8-9-14-6-2/h11-12H,5-10H2,1-4H3. The number of nitrogens with one attached hydrogen (secondary N) is 1. The second-order valence-corrected chi connectivity index (χ2v) is 3.81. The van der Waals surface area contributed by atoms with E-state index in [1.165, 1.54) is 6.42 Å². The van der Waals surface area contributed by atoms with E-state index in [0.29, 0.717) is 6.04 Å². The molecular formula is C11H26N2O. The van der Waals surface area contributed by atoms with Crippen LogP contribution in [0.15, 0.2) is 0 Å². The zero-order valence-electron chi connectivity index (χ0n) is 10.2. The highest BCUT2D eigenvalue weighted by atomic mass is 16.5. The van der Waals surface area contributed by atoms with Gasteiger partial charge in [-0.25, -0.2) is 0 Å². The number of rotatable bonds is 9. The monoisotopic (exact) mass is 202 g/mol. The van der Waals surface area contributed by atoms with E-state index < -0.39 is 0 Å². The van der Waals surface area contributed by atoms with Crippen LogP contribution in [-0.4, -0.2) is 50.8 Å². The Labute approximate surface area is 88.8 Å². The van der Waals surface area contributed by atoms with Crippen molar-refractivity contribution in [3.05, 3.63) is 0 Å². The third-order valence-electron chi connectivity index (χ3n) is 2.15. The summed E-state index contributed by atoms with van der Waals surface area (Å²) < 4.78 is 5.30. The molecule has 0 aromatic heterocycles. The first-order valence-electron chi connectivity index (χ1n) is 5.70. The Kier molecular flexibility index (Phi) is 9.35. The van der Waals surface area contributed by atoms with Crippen molar-refractivity contribution in [3.63, 3.8) is 0 Å². The molecule has 3 nitrogen and oxygen atoms in total. The molecule has 0 aromatic rings. The van der Waals surface area contributed by atoms with Gasteiger partial charge in [0.05, 0.1) is 6.61 Å². The van der Waals surface area contributed by atoms with Crippen molar-refractivity contribution < 1.29 is 4.74 Å². The van der Waals surface area contributed by atoms with Crippen LogP contribution in [-0.2, 0) is 4.74 Å². The molecule has 0 heterocycles. The van der Waals surface area contributed by atoms with Crippen LogP contribution in [0.5, 0.6) is 0 Å². The summed E-state index contributed by atoms with van der Waals surface area (Å²) in [6, 6.07) is 0.571. The molecule has 1 N–H and O–H groups in total. The molecule has 0 spiro atoms. The molecule has 0 saturated heterocycles. The Balaban J connectivity index is 3.35. The first-order chi connectivity index (χ1) is 6.70. The van der Waals surface area contributed by atoms with Gasteiger partial charge in [0.25, 0.3) is 0 Å². The summed E-state index contributed by atoms with van der Waals surface area (Å²) in [6.07, 6.45) is 1.20. The topological polar surface area (TPSA) is 24.5 Å². The fourth-order valence-electron chi connectivity index (χ4n) is 1.38. The van der Waals surface area contributed by atoms with E-state index in [2.05, 4.69) is 31.1 Å². The Morgan fingerprint density at radius 3 is 2.64 bits per heavy atom. The Morgan fingerprint density at radius 1 is 1.36 bits per heavy atom. The van der Waals surface area contributed by atoms with Crippen LogP contribution in [0, 0.1) is 0 Å². The van der Waals surface area contributed by atoms with Gasteiger partial charge in [-0.3, -0.25) is 0 Å². The van der Waals surface area contributed by atoms with Crippen LogP contribution in [0.1, 0.15) is 27.2 Å². The lowest BCUT2D eigenvalue weighted by atomic mass is 10.3. The molecule has 0 aliphatic carbocycles. The summed E-state index contributed by atoms with van der Waals surface area (Å²) in [7, 11) is 2.14. The number of likely N-dealkylation sites (N-methyl/N-ethyl adjacent to an activating group) is 1. The van der Waals surface area contributed by atoms with E-state index in [9.17, 15) is 0 Å². The highest BCUT2D eigenvalue weighted by Gasteiger charge is 2.04. The molecule has 0 aliphatic rings. The van der Waals surface area contributed by atoms with Crippen LogP contribution < -0.4 is 5.32 Å². The molecule has 0 radical (unpaired) electrons. The lowest BCUT2D eigenvalue weighted by molar-refractivity contribution is 0.119. The molecule has 3 heteroatoms. The van der Waals surface area contributed by atoms with E-state index in [0.717, 1.165) is 32.8 Å². The second kappa shape index (κ2) is 9.44. The van der Waals surface area contributed by atoms with Gasteiger partial charge >= 0.3 is 0 Å². The zero-order valence-corrected chi connectivity index (χ0v) is 10.2. The van der Waals surface area contributed by atoms with Crippen molar-refractivity contribution in [2.45, 2.75) is 33.2 Å². The van der Waals surface area contributed by atoms with Gasteiger partial charge in [0.1, 0.15) is 0 Å². The van der Waals surface area contributed by atoms with Gasteiger partial charge in [-0.15, -0.1) is 0 Å². The highest BCUT2D eigenvalue weighted by molar-refractivity contribution is 4.64. The van der Waals surface area contributed by atoms with Gasteiger partial charge < -0.3 is 15.0 Å². The molecule has 0 fully saturated rings. The predicted molar refractivity (Wildman–Crippen MR) is 61.7 cm³/mol. The first-order valence-corrected chi connectivity index (χ1v) is 5.70. The largest absolute Gasteiger partial charge is 0.380 e. The number of ether oxygens (including phenoxy) is 1. The van der Waals surface area contributed by atoms with Crippen molar-refractivity contribution in [2.75, 3.05) is 39.9 Å². The third kappa shape index (κ3) is 8.48. The molecule has 0 saturated carbocycles. The van der Waals surface area contributed by atoms with Gasteiger partial charge in [-0.1, -0.05) is 6.92 Å². The molecule has 0 aromatic carbocycles. The summed E-state index contributed by atoms with van der Waals surface area (Å²) in [5.41, 5.74) is 0. The lowest BCUT2D eigenvalue weighted by Gasteiger charge is -2.21. The van der Waals surface area contributed by atoms with Gasteiger partial charge in [0.2, 0.25) is 0 Å². The first kappa shape index (κ1) is 13.9. The minimum absolute atomic E-state index is 0.571. The molecule has 0 bridgehead atoms. The summed E-state index contributed by atoms with van der Waals surface area (Å²) in [5.74, 6) is 0. The van der Waals surface area contributed by atoms with E-state index in [1.807, 2.05) is 6.92 Å². The smallest absolute Gasteiger partial charge is 0.0593 e. The minimum atomic E-state index is 0.571. The van der Waals surface area contributed by atoms with E-state index in [-0.39, 0.29) is 0 Å². The van der Waals surface area contributed by atoms with Crippen LogP contribution in [0.2, 0.25) is 0 Å². The van der Waals surface area contributed by atoms with Crippen LogP contribution in [0.25, 0.3) is 0 Å². The third-order valence-corrected chi connectivity index (χ3v) is 2.15. The number of nitrogens with zero attached hydrogens (tertiary/aromatic N) is 1. The van der Waals surface area contributed by atoms with E-state index in [1.54, 1.807) is 0 Å². The molecular weight excluding hydrogens is 176 g/mol. The molecule has 86 valence electrons. The van der Waals surface area contributed by atoms with Crippen LogP contribution >= 0.6 is 0 Å². The van der Waals surface area contributed by atoms with Crippen molar-refractivity contribution in [1.29, 1.82) is 0 Å². The molecule has 0 aliphatic heterocycles. The average Bonchev–Trinajstić information content (AvgIpc) is 2.15. The van der Waals surface area contributed by atoms with Crippen LogP contribution in [0.3, 0.4) is 0 Å². The van der Waals surface area contributed by atoms with Gasteiger partial charge in [0, 0.05) is 25.7 Å². The summed E-state index contributed by atoms with van der Waals surface area (Å²) in [5, 5.41) is 3.47. The van der Waals surface area contributed by atoms with Crippen molar-refractivity contribution >= 4 is 0 Å².